The molecule has 0 N–H and O–H groups in total. The van der Waals surface area contributed by atoms with Gasteiger partial charge < -0.3 is 0 Å². The molecule has 0 radical (unpaired) electrons. The van der Waals surface area contributed by atoms with Crippen molar-refractivity contribution >= 4 is 27.1 Å². The zero-order chi connectivity index (χ0) is 15.7. The van der Waals surface area contributed by atoms with Crippen LogP contribution in [0.3, 0.4) is 0 Å². The van der Waals surface area contributed by atoms with Crippen molar-refractivity contribution < 1.29 is 8.42 Å². The molecule has 2 heterocycles. The van der Waals surface area contributed by atoms with E-state index >= 15 is 0 Å². The second-order valence-corrected chi connectivity index (χ2v) is 8.19. The van der Waals surface area contributed by atoms with Gasteiger partial charge in [0.25, 0.3) is 0 Å². The Morgan fingerprint density at radius 1 is 1.27 bits per heavy atom. The van der Waals surface area contributed by atoms with Crippen molar-refractivity contribution in [2.75, 3.05) is 6.26 Å². The predicted octanol–water partition coefficient (Wildman–Crippen LogP) is 3.42. The minimum absolute atomic E-state index is 0.226. The van der Waals surface area contributed by atoms with Gasteiger partial charge in [0, 0.05) is 11.3 Å². The molecule has 116 valence electrons. The third-order valence-corrected chi connectivity index (χ3v) is 5.77. The minimum atomic E-state index is -3.38. The van der Waals surface area contributed by atoms with Crippen LogP contribution in [0.25, 0.3) is 0 Å². The maximum Gasteiger partial charge on any atom is 0.247 e. The van der Waals surface area contributed by atoms with Gasteiger partial charge in [-0.1, -0.05) is 37.3 Å². The zero-order valence-corrected chi connectivity index (χ0v) is 14.2. The lowest BCUT2D eigenvalue weighted by molar-refractivity contribution is 0.379. The number of hydrazone groups is 1. The third kappa shape index (κ3) is 2.94. The molecule has 0 saturated heterocycles. The van der Waals surface area contributed by atoms with Crippen LogP contribution in [-0.4, -0.2) is 24.8 Å². The van der Waals surface area contributed by atoms with E-state index in [1.54, 1.807) is 11.3 Å². The lowest BCUT2D eigenvalue weighted by Crippen LogP contribution is -2.25. The number of thiophene rings is 1. The molecule has 0 fully saturated rings. The van der Waals surface area contributed by atoms with Crippen LogP contribution >= 0.6 is 11.3 Å². The van der Waals surface area contributed by atoms with Gasteiger partial charge in [0.1, 0.15) is 6.04 Å². The molecule has 1 aliphatic heterocycles. The van der Waals surface area contributed by atoms with Crippen LogP contribution in [0.4, 0.5) is 0 Å². The number of hydrogen-bond acceptors (Lipinski definition) is 4. The van der Waals surface area contributed by atoms with Crippen LogP contribution in [-0.2, 0) is 16.4 Å². The van der Waals surface area contributed by atoms with Crippen LogP contribution < -0.4 is 0 Å². The molecule has 0 saturated carbocycles. The summed E-state index contributed by atoms with van der Waals surface area (Å²) < 4.78 is 25.3. The summed E-state index contributed by atoms with van der Waals surface area (Å²) in [6, 6.07) is 11.9. The number of nitrogens with zero attached hydrogens (tertiary/aromatic N) is 2. The lowest BCUT2D eigenvalue weighted by Gasteiger charge is -2.19. The van der Waals surface area contributed by atoms with Crippen molar-refractivity contribution in [1.29, 1.82) is 0 Å². The highest BCUT2D eigenvalue weighted by atomic mass is 32.2. The molecule has 1 aromatic carbocycles. The summed E-state index contributed by atoms with van der Waals surface area (Å²) in [6.07, 6.45) is 2.80. The average Bonchev–Trinajstić information content (AvgIpc) is 3.15. The molecule has 1 aliphatic rings. The molecule has 1 aromatic heterocycles. The number of hydrogen-bond donors (Lipinski definition) is 0. The number of benzene rings is 1. The van der Waals surface area contributed by atoms with E-state index in [-0.39, 0.29) is 6.04 Å². The first-order valence-electron chi connectivity index (χ1n) is 7.18. The summed E-state index contributed by atoms with van der Waals surface area (Å²) in [7, 11) is -3.38. The number of aryl methyl sites for hydroxylation is 1. The van der Waals surface area contributed by atoms with E-state index in [0.29, 0.717) is 6.42 Å². The molecule has 22 heavy (non-hydrogen) atoms. The van der Waals surface area contributed by atoms with Gasteiger partial charge in [-0.2, -0.15) is 9.52 Å². The third-order valence-electron chi connectivity index (χ3n) is 3.78. The Kier molecular flexibility index (Phi) is 4.06. The predicted molar refractivity (Wildman–Crippen MR) is 90.7 cm³/mol. The van der Waals surface area contributed by atoms with Gasteiger partial charge in [0.05, 0.1) is 12.0 Å². The highest BCUT2D eigenvalue weighted by Gasteiger charge is 2.34. The molecule has 2 aromatic rings. The molecule has 0 aliphatic carbocycles. The second kappa shape index (κ2) is 5.85. The molecule has 0 unspecified atom stereocenters. The van der Waals surface area contributed by atoms with E-state index < -0.39 is 10.0 Å². The van der Waals surface area contributed by atoms with E-state index in [9.17, 15) is 8.42 Å². The maximum absolute atomic E-state index is 12.0. The Morgan fingerprint density at radius 2 is 2.00 bits per heavy atom. The molecule has 1 atom stereocenters. The minimum Gasteiger partial charge on any atom is -0.205 e. The molecule has 0 bridgehead atoms. The summed E-state index contributed by atoms with van der Waals surface area (Å²) in [5, 5.41) is 6.35. The monoisotopic (exact) mass is 334 g/mol. The van der Waals surface area contributed by atoms with Gasteiger partial charge in [-0.15, -0.1) is 11.3 Å². The second-order valence-electron chi connectivity index (χ2n) is 5.37. The van der Waals surface area contributed by atoms with Gasteiger partial charge in [-0.25, -0.2) is 8.42 Å². The average molecular weight is 334 g/mol. The SMILES string of the molecule is CCc1ccc(C2=NN(S(C)(=O)=O)[C@@H](c3cccs3)C2)cc1. The summed E-state index contributed by atoms with van der Waals surface area (Å²) in [5.74, 6) is 0. The van der Waals surface area contributed by atoms with Gasteiger partial charge in [0.15, 0.2) is 0 Å². The zero-order valence-electron chi connectivity index (χ0n) is 12.6. The van der Waals surface area contributed by atoms with E-state index in [1.165, 1.54) is 16.2 Å². The van der Waals surface area contributed by atoms with Crippen molar-refractivity contribution in [1.82, 2.24) is 4.41 Å². The summed E-state index contributed by atoms with van der Waals surface area (Å²) in [4.78, 5) is 1.02. The van der Waals surface area contributed by atoms with Crippen molar-refractivity contribution in [3.8, 4) is 0 Å². The fourth-order valence-corrected chi connectivity index (χ4v) is 4.37. The van der Waals surface area contributed by atoms with Gasteiger partial charge in [0.2, 0.25) is 10.0 Å². The van der Waals surface area contributed by atoms with Crippen LogP contribution in [0.1, 0.15) is 35.4 Å². The first kappa shape index (κ1) is 15.2. The first-order valence-corrected chi connectivity index (χ1v) is 9.91. The van der Waals surface area contributed by atoms with Crippen molar-refractivity contribution in [2.24, 2.45) is 5.10 Å². The largest absolute Gasteiger partial charge is 0.247 e. The number of rotatable bonds is 4. The van der Waals surface area contributed by atoms with Gasteiger partial charge >= 0.3 is 0 Å². The maximum atomic E-state index is 12.0. The molecule has 0 spiro atoms. The smallest absolute Gasteiger partial charge is 0.205 e. The molecular formula is C16H18N2O2S2. The van der Waals surface area contributed by atoms with Crippen LogP contribution in [0.15, 0.2) is 46.9 Å². The Bertz CT molecular complexity index is 778. The molecular weight excluding hydrogens is 316 g/mol. The lowest BCUT2D eigenvalue weighted by atomic mass is 10.0. The Balaban J connectivity index is 1.96. The van der Waals surface area contributed by atoms with E-state index in [0.717, 1.165) is 22.6 Å². The van der Waals surface area contributed by atoms with Crippen LogP contribution in [0.2, 0.25) is 0 Å². The molecule has 6 heteroatoms. The quantitative estimate of drug-likeness (QED) is 0.860. The highest BCUT2D eigenvalue weighted by Crippen LogP contribution is 2.36. The van der Waals surface area contributed by atoms with E-state index in [1.807, 2.05) is 29.6 Å². The Morgan fingerprint density at radius 3 is 2.55 bits per heavy atom. The first-order chi connectivity index (χ1) is 10.5. The topological polar surface area (TPSA) is 49.7 Å². The van der Waals surface area contributed by atoms with Crippen molar-refractivity contribution in [3.63, 3.8) is 0 Å². The molecule has 4 nitrogen and oxygen atoms in total. The normalized spacial score (nSPS) is 18.5. The van der Waals surface area contributed by atoms with Crippen LogP contribution in [0, 0.1) is 0 Å². The standard InChI is InChI=1S/C16H18N2O2S2/c1-3-12-6-8-13(9-7-12)14-11-15(16-5-4-10-21-16)18(17-14)22(2,19)20/h4-10,15H,3,11H2,1-2H3/t15-/m1/s1. The van der Waals surface area contributed by atoms with Crippen molar-refractivity contribution in [3.05, 3.63) is 57.8 Å². The number of sulfonamides is 1. The van der Waals surface area contributed by atoms with Gasteiger partial charge in [-0.05, 0) is 29.0 Å². The summed E-state index contributed by atoms with van der Waals surface area (Å²) in [5.41, 5.74) is 3.08. The van der Waals surface area contributed by atoms with Gasteiger partial charge in [-0.3, -0.25) is 0 Å². The fraction of sp³-hybridized carbons (Fsp3) is 0.312. The molecule has 3 rings (SSSR count). The highest BCUT2D eigenvalue weighted by molar-refractivity contribution is 7.88. The molecule has 0 amide bonds. The van der Waals surface area contributed by atoms with Crippen molar-refractivity contribution in [2.45, 2.75) is 25.8 Å². The van der Waals surface area contributed by atoms with E-state index in [4.69, 9.17) is 0 Å². The van der Waals surface area contributed by atoms with E-state index in [2.05, 4.69) is 24.2 Å². The Labute approximate surface area is 135 Å². The summed E-state index contributed by atoms with van der Waals surface area (Å²) in [6.45, 7) is 2.11. The fourth-order valence-electron chi connectivity index (χ4n) is 2.59. The Hall–Kier alpha value is -1.66. The van der Waals surface area contributed by atoms with Crippen LogP contribution in [0.5, 0.6) is 0 Å². The summed E-state index contributed by atoms with van der Waals surface area (Å²) >= 11 is 1.56.